The lowest BCUT2D eigenvalue weighted by Crippen LogP contribution is -2.39. The molecule has 0 aliphatic heterocycles. The fraction of sp³-hybridized carbons (Fsp3) is 0.0833. The van der Waals surface area contributed by atoms with Gasteiger partial charge in [0, 0.05) is 0 Å². The molecular weight excluding hydrogens is 230 g/mol. The molecule has 0 heterocycles. The van der Waals surface area contributed by atoms with Gasteiger partial charge in [0.1, 0.15) is 11.5 Å². The topological polar surface area (TPSA) is 124 Å². The summed E-state index contributed by atoms with van der Waals surface area (Å²) in [6, 6.07) is 7.53. The predicted molar refractivity (Wildman–Crippen MR) is 70.9 cm³/mol. The molecule has 6 heteroatoms. The van der Waals surface area contributed by atoms with Gasteiger partial charge in [-0.2, -0.15) is 0 Å². The van der Waals surface area contributed by atoms with E-state index in [1.54, 1.807) is 6.08 Å². The van der Waals surface area contributed by atoms with Crippen LogP contribution >= 0.6 is 0 Å². The number of hydrogen-bond donors (Lipinski definition) is 4. The van der Waals surface area contributed by atoms with Crippen molar-refractivity contribution in [3.05, 3.63) is 53.5 Å². The van der Waals surface area contributed by atoms with Crippen LogP contribution in [0.15, 0.2) is 42.4 Å². The first-order chi connectivity index (χ1) is 8.47. The van der Waals surface area contributed by atoms with Crippen molar-refractivity contribution in [1.82, 2.24) is 5.01 Å². The standard InChI is InChI=1S/C12H17N5O/c1-2-8-5-3-4-6-9(8)7-17(16)11(14)10(13)12(15)18/h2-6H,1,7,13-14,16H2,(H2,15,18)/b11-10-. The third-order valence-corrected chi connectivity index (χ3v) is 2.47. The number of nitrogens with zero attached hydrogens (tertiary/aromatic N) is 1. The van der Waals surface area contributed by atoms with E-state index in [1.165, 1.54) is 5.01 Å². The Bertz CT molecular complexity index is 495. The molecule has 0 unspecified atom stereocenters. The van der Waals surface area contributed by atoms with Crippen molar-refractivity contribution in [2.75, 3.05) is 0 Å². The molecule has 1 amide bonds. The van der Waals surface area contributed by atoms with Gasteiger partial charge in [-0.15, -0.1) is 0 Å². The van der Waals surface area contributed by atoms with Gasteiger partial charge in [0.2, 0.25) is 0 Å². The molecule has 1 rings (SSSR count). The molecule has 18 heavy (non-hydrogen) atoms. The monoisotopic (exact) mass is 247 g/mol. The summed E-state index contributed by atoms with van der Waals surface area (Å²) < 4.78 is 0. The van der Waals surface area contributed by atoms with Gasteiger partial charge in [-0.05, 0) is 11.1 Å². The van der Waals surface area contributed by atoms with Crippen molar-refractivity contribution in [3.63, 3.8) is 0 Å². The Morgan fingerprint density at radius 3 is 2.44 bits per heavy atom. The highest BCUT2D eigenvalue weighted by atomic mass is 16.1. The van der Waals surface area contributed by atoms with E-state index in [1.807, 2.05) is 24.3 Å². The van der Waals surface area contributed by atoms with E-state index < -0.39 is 5.91 Å². The summed E-state index contributed by atoms with van der Waals surface area (Å²) >= 11 is 0. The molecule has 6 nitrogen and oxygen atoms in total. The molecule has 0 bridgehead atoms. The average molecular weight is 247 g/mol. The van der Waals surface area contributed by atoms with Crippen molar-refractivity contribution < 1.29 is 4.79 Å². The van der Waals surface area contributed by atoms with E-state index in [-0.39, 0.29) is 11.5 Å². The van der Waals surface area contributed by atoms with Crippen LogP contribution in [0.2, 0.25) is 0 Å². The number of carbonyl (C=O) groups excluding carboxylic acids is 1. The maximum absolute atomic E-state index is 10.9. The summed E-state index contributed by atoms with van der Waals surface area (Å²) in [6.07, 6.45) is 1.71. The highest BCUT2D eigenvalue weighted by molar-refractivity contribution is 5.91. The molecule has 0 atom stereocenters. The largest absolute Gasteiger partial charge is 0.391 e. The second-order valence-electron chi connectivity index (χ2n) is 3.69. The number of carbonyl (C=O) groups is 1. The minimum absolute atomic E-state index is 0.0543. The molecule has 8 N–H and O–H groups in total. The van der Waals surface area contributed by atoms with Gasteiger partial charge in [-0.1, -0.05) is 36.9 Å². The molecule has 0 radical (unpaired) electrons. The minimum atomic E-state index is -0.806. The van der Waals surface area contributed by atoms with Crippen LogP contribution in [0, 0.1) is 0 Å². The Morgan fingerprint density at radius 1 is 1.28 bits per heavy atom. The molecule has 0 aliphatic carbocycles. The van der Waals surface area contributed by atoms with E-state index in [0.29, 0.717) is 6.54 Å². The summed E-state index contributed by atoms with van der Waals surface area (Å²) in [5.41, 5.74) is 17.7. The Morgan fingerprint density at radius 2 is 1.89 bits per heavy atom. The summed E-state index contributed by atoms with van der Waals surface area (Å²) in [4.78, 5) is 10.9. The maximum atomic E-state index is 10.9. The molecule has 0 saturated heterocycles. The zero-order chi connectivity index (χ0) is 13.7. The van der Waals surface area contributed by atoms with Crippen LogP contribution in [-0.2, 0) is 11.3 Å². The van der Waals surface area contributed by atoms with Crippen LogP contribution in [0.1, 0.15) is 11.1 Å². The minimum Gasteiger partial charge on any atom is -0.391 e. The van der Waals surface area contributed by atoms with Gasteiger partial charge in [0.05, 0.1) is 6.54 Å². The van der Waals surface area contributed by atoms with E-state index >= 15 is 0 Å². The molecule has 1 aromatic rings. The van der Waals surface area contributed by atoms with Crippen molar-refractivity contribution in [3.8, 4) is 0 Å². The van der Waals surface area contributed by atoms with E-state index in [4.69, 9.17) is 23.0 Å². The van der Waals surface area contributed by atoms with Gasteiger partial charge < -0.3 is 17.2 Å². The average Bonchev–Trinajstić information content (AvgIpc) is 2.37. The molecule has 0 aromatic heterocycles. The number of amides is 1. The van der Waals surface area contributed by atoms with Crippen molar-refractivity contribution in [2.24, 2.45) is 23.0 Å². The van der Waals surface area contributed by atoms with Crippen LogP contribution in [0.3, 0.4) is 0 Å². The quantitative estimate of drug-likeness (QED) is 0.319. The molecule has 0 fully saturated rings. The molecular formula is C12H17N5O. The number of hydrazine groups is 1. The fourth-order valence-electron chi connectivity index (χ4n) is 1.43. The van der Waals surface area contributed by atoms with Crippen LogP contribution in [0.5, 0.6) is 0 Å². The number of rotatable bonds is 5. The SMILES string of the molecule is C=Cc1ccccc1CN(N)/C(N)=C(\N)C(N)=O. The van der Waals surface area contributed by atoms with Gasteiger partial charge in [0.15, 0.2) is 0 Å². The fourth-order valence-corrected chi connectivity index (χ4v) is 1.43. The third kappa shape index (κ3) is 3.02. The maximum Gasteiger partial charge on any atom is 0.268 e. The van der Waals surface area contributed by atoms with E-state index in [0.717, 1.165) is 11.1 Å². The lowest BCUT2D eigenvalue weighted by Gasteiger charge is -2.20. The first kappa shape index (κ1) is 13.6. The summed E-state index contributed by atoms with van der Waals surface area (Å²) in [7, 11) is 0. The molecule has 1 aromatic carbocycles. The summed E-state index contributed by atoms with van der Waals surface area (Å²) in [5.74, 6) is 4.88. The molecule has 96 valence electrons. The lowest BCUT2D eigenvalue weighted by atomic mass is 10.1. The number of nitrogens with two attached hydrogens (primary N) is 4. The Kier molecular flexibility index (Phi) is 4.33. The summed E-state index contributed by atoms with van der Waals surface area (Å²) in [5, 5.41) is 1.17. The van der Waals surface area contributed by atoms with Crippen LogP contribution < -0.4 is 23.0 Å². The second-order valence-corrected chi connectivity index (χ2v) is 3.69. The highest BCUT2D eigenvalue weighted by Gasteiger charge is 2.11. The van der Waals surface area contributed by atoms with Gasteiger partial charge in [0.25, 0.3) is 5.91 Å². The zero-order valence-electron chi connectivity index (χ0n) is 9.97. The molecule has 0 spiro atoms. The summed E-state index contributed by atoms with van der Waals surface area (Å²) in [6.45, 7) is 4.00. The zero-order valence-corrected chi connectivity index (χ0v) is 9.97. The van der Waals surface area contributed by atoms with Crippen LogP contribution in [0.25, 0.3) is 6.08 Å². The van der Waals surface area contributed by atoms with Crippen molar-refractivity contribution >= 4 is 12.0 Å². The van der Waals surface area contributed by atoms with E-state index in [9.17, 15) is 4.79 Å². The first-order valence-electron chi connectivity index (χ1n) is 5.25. The van der Waals surface area contributed by atoms with Crippen molar-refractivity contribution in [1.29, 1.82) is 0 Å². The molecule has 0 saturated carbocycles. The van der Waals surface area contributed by atoms with Crippen molar-refractivity contribution in [2.45, 2.75) is 6.54 Å². The second kappa shape index (κ2) is 5.74. The number of primary amides is 1. The first-order valence-corrected chi connectivity index (χ1v) is 5.25. The van der Waals surface area contributed by atoms with Gasteiger partial charge >= 0.3 is 0 Å². The van der Waals surface area contributed by atoms with Crippen LogP contribution in [-0.4, -0.2) is 10.9 Å². The Labute approximate surface area is 105 Å². The van der Waals surface area contributed by atoms with Gasteiger partial charge in [-0.3, -0.25) is 9.80 Å². The Balaban J connectivity index is 2.94. The number of benzene rings is 1. The number of hydrogen-bond acceptors (Lipinski definition) is 5. The van der Waals surface area contributed by atoms with Gasteiger partial charge in [-0.25, -0.2) is 5.84 Å². The highest BCUT2D eigenvalue weighted by Crippen LogP contribution is 2.12. The smallest absolute Gasteiger partial charge is 0.268 e. The Hall–Kier alpha value is -2.47. The lowest BCUT2D eigenvalue weighted by molar-refractivity contribution is -0.114. The normalized spacial score (nSPS) is 11.6. The molecule has 0 aliphatic rings. The predicted octanol–water partition coefficient (Wildman–Crippen LogP) is -0.423. The van der Waals surface area contributed by atoms with E-state index in [2.05, 4.69) is 6.58 Å². The van der Waals surface area contributed by atoms with Crippen LogP contribution in [0.4, 0.5) is 0 Å². The third-order valence-electron chi connectivity index (χ3n) is 2.47.